The highest BCUT2D eigenvalue weighted by molar-refractivity contribution is 5.71. The Morgan fingerprint density at radius 1 is 1.41 bits per heavy atom. The topological polar surface area (TPSA) is 71.3 Å². The van der Waals surface area contributed by atoms with E-state index in [9.17, 15) is 4.79 Å². The number of nitriles is 1. The Morgan fingerprint density at radius 3 is 2.71 bits per heavy atom. The van der Waals surface area contributed by atoms with E-state index >= 15 is 0 Å². The van der Waals surface area contributed by atoms with Gasteiger partial charge in [-0.05, 0) is 17.7 Å². The van der Waals surface area contributed by atoms with Gasteiger partial charge in [-0.15, -0.1) is 0 Å². The Hall–Kier alpha value is -2.06. The molecule has 1 N–H and O–H groups in total. The van der Waals surface area contributed by atoms with E-state index in [1.54, 1.807) is 12.1 Å². The molecule has 90 valence electrons. The number of benzene rings is 1. The second-order valence-corrected chi connectivity index (χ2v) is 3.27. The number of carbonyl (C=O) groups is 1. The van der Waals surface area contributed by atoms with Crippen molar-refractivity contribution in [1.82, 2.24) is 5.32 Å². The van der Waals surface area contributed by atoms with Crippen LogP contribution in [0.1, 0.15) is 5.56 Å². The molecule has 0 aromatic heterocycles. The van der Waals surface area contributed by atoms with Crippen molar-refractivity contribution >= 4 is 5.97 Å². The van der Waals surface area contributed by atoms with E-state index in [0.29, 0.717) is 12.3 Å². The van der Waals surface area contributed by atoms with Crippen LogP contribution in [-0.2, 0) is 16.1 Å². The van der Waals surface area contributed by atoms with E-state index in [2.05, 4.69) is 10.1 Å². The molecule has 0 aliphatic carbocycles. The summed E-state index contributed by atoms with van der Waals surface area (Å²) in [7, 11) is 1.35. The third kappa shape index (κ3) is 5.00. The molecule has 0 saturated heterocycles. The number of nitrogens with zero attached hydrogens (tertiary/aromatic N) is 1. The molecule has 0 aliphatic heterocycles. The molecule has 5 nitrogen and oxygen atoms in total. The first-order valence-electron chi connectivity index (χ1n) is 5.12. The smallest absolute Gasteiger partial charge is 0.319 e. The van der Waals surface area contributed by atoms with Crippen LogP contribution in [0.4, 0.5) is 0 Å². The van der Waals surface area contributed by atoms with Gasteiger partial charge in [0.15, 0.2) is 6.61 Å². The zero-order valence-corrected chi connectivity index (χ0v) is 9.60. The van der Waals surface area contributed by atoms with Crippen LogP contribution in [0.25, 0.3) is 0 Å². The van der Waals surface area contributed by atoms with Gasteiger partial charge in [0.1, 0.15) is 11.8 Å². The van der Waals surface area contributed by atoms with E-state index in [4.69, 9.17) is 10.00 Å². The van der Waals surface area contributed by atoms with Gasteiger partial charge in [0.05, 0.1) is 13.7 Å². The molecule has 0 aliphatic rings. The first-order chi connectivity index (χ1) is 8.26. The highest BCUT2D eigenvalue weighted by Gasteiger charge is 1.99. The van der Waals surface area contributed by atoms with Crippen LogP contribution < -0.4 is 10.1 Å². The van der Waals surface area contributed by atoms with E-state index < -0.39 is 0 Å². The predicted octanol–water partition coefficient (Wildman–Crippen LogP) is 0.852. The number of nitrogens with one attached hydrogen (secondary N) is 1. The lowest BCUT2D eigenvalue weighted by atomic mass is 10.2. The lowest BCUT2D eigenvalue weighted by Gasteiger charge is -2.05. The Kier molecular flexibility index (Phi) is 5.55. The summed E-state index contributed by atoms with van der Waals surface area (Å²) < 4.78 is 9.61. The van der Waals surface area contributed by atoms with E-state index in [-0.39, 0.29) is 19.1 Å². The minimum Gasteiger partial charge on any atom is -0.479 e. The summed E-state index contributed by atoms with van der Waals surface area (Å²) in [5.74, 6) is 0.363. The Morgan fingerprint density at radius 2 is 2.12 bits per heavy atom. The molecule has 0 unspecified atom stereocenters. The van der Waals surface area contributed by atoms with Gasteiger partial charge in [-0.2, -0.15) is 5.26 Å². The Bertz CT molecular complexity index is 395. The van der Waals surface area contributed by atoms with Crippen molar-refractivity contribution < 1.29 is 14.3 Å². The van der Waals surface area contributed by atoms with Crippen LogP contribution >= 0.6 is 0 Å². The van der Waals surface area contributed by atoms with Gasteiger partial charge >= 0.3 is 5.97 Å². The first kappa shape index (κ1) is 13.0. The second kappa shape index (κ2) is 7.25. The van der Waals surface area contributed by atoms with E-state index in [0.717, 1.165) is 5.56 Å². The van der Waals surface area contributed by atoms with Crippen molar-refractivity contribution in [2.45, 2.75) is 6.54 Å². The average Bonchev–Trinajstić information content (AvgIpc) is 2.37. The normalized spacial score (nSPS) is 9.41. The molecule has 1 aromatic carbocycles. The number of hydrogen-bond acceptors (Lipinski definition) is 5. The first-order valence-corrected chi connectivity index (χ1v) is 5.12. The van der Waals surface area contributed by atoms with Crippen LogP contribution in [0.2, 0.25) is 0 Å². The summed E-state index contributed by atoms with van der Waals surface area (Å²) in [6, 6.07) is 9.21. The lowest BCUT2D eigenvalue weighted by Crippen LogP contribution is -2.23. The minimum absolute atomic E-state index is 0.0416. The summed E-state index contributed by atoms with van der Waals surface area (Å²) in [6.45, 7) is 0.802. The number of ether oxygens (including phenoxy) is 2. The second-order valence-electron chi connectivity index (χ2n) is 3.27. The lowest BCUT2D eigenvalue weighted by molar-refractivity contribution is -0.139. The van der Waals surface area contributed by atoms with E-state index in [1.807, 2.05) is 18.2 Å². The summed E-state index contributed by atoms with van der Waals surface area (Å²) in [4.78, 5) is 10.8. The van der Waals surface area contributed by atoms with Crippen molar-refractivity contribution in [3.63, 3.8) is 0 Å². The van der Waals surface area contributed by atoms with Crippen molar-refractivity contribution in [2.24, 2.45) is 0 Å². The van der Waals surface area contributed by atoms with Crippen LogP contribution in [-0.4, -0.2) is 26.2 Å². The molecular weight excluding hydrogens is 220 g/mol. The minimum atomic E-state index is -0.293. The molecule has 0 amide bonds. The molecule has 0 fully saturated rings. The molecular formula is C12H14N2O3. The van der Waals surface area contributed by atoms with Gasteiger partial charge in [0.25, 0.3) is 0 Å². The van der Waals surface area contributed by atoms with Gasteiger partial charge in [-0.1, -0.05) is 12.1 Å². The fourth-order valence-corrected chi connectivity index (χ4v) is 1.20. The largest absolute Gasteiger partial charge is 0.479 e. The zero-order chi connectivity index (χ0) is 12.5. The number of methoxy groups -OCH3 is 1. The molecule has 5 heteroatoms. The Labute approximate surface area is 100.0 Å². The molecule has 0 atom stereocenters. The highest BCUT2D eigenvalue weighted by atomic mass is 16.5. The van der Waals surface area contributed by atoms with Crippen LogP contribution in [0.3, 0.4) is 0 Å². The molecule has 1 aromatic rings. The van der Waals surface area contributed by atoms with Gasteiger partial charge in [0.2, 0.25) is 0 Å². The fraction of sp³-hybridized carbons (Fsp3) is 0.333. The highest BCUT2D eigenvalue weighted by Crippen LogP contribution is 2.11. The summed E-state index contributed by atoms with van der Waals surface area (Å²) >= 11 is 0. The third-order valence-corrected chi connectivity index (χ3v) is 2.05. The van der Waals surface area contributed by atoms with Crippen molar-refractivity contribution in [2.75, 3.05) is 20.3 Å². The Balaban J connectivity index is 2.35. The van der Waals surface area contributed by atoms with Gasteiger partial charge < -0.3 is 14.8 Å². The third-order valence-electron chi connectivity index (χ3n) is 2.05. The average molecular weight is 234 g/mol. The van der Waals surface area contributed by atoms with Gasteiger partial charge in [0, 0.05) is 6.54 Å². The van der Waals surface area contributed by atoms with Crippen molar-refractivity contribution in [3.8, 4) is 11.8 Å². The molecule has 0 bridgehead atoms. The number of carbonyl (C=O) groups excluding carboxylic acids is 1. The van der Waals surface area contributed by atoms with Gasteiger partial charge in [-0.25, -0.2) is 0 Å². The molecule has 0 saturated carbocycles. The monoisotopic (exact) mass is 234 g/mol. The molecule has 1 rings (SSSR count). The SMILES string of the molecule is COC(=O)CNCc1ccc(OCC#N)cc1. The maximum absolute atomic E-state index is 10.8. The summed E-state index contributed by atoms with van der Waals surface area (Å²) in [5, 5.41) is 11.3. The number of esters is 1. The molecule has 17 heavy (non-hydrogen) atoms. The molecule has 0 heterocycles. The van der Waals surface area contributed by atoms with Crippen molar-refractivity contribution in [3.05, 3.63) is 29.8 Å². The number of rotatable bonds is 6. The van der Waals surface area contributed by atoms with Gasteiger partial charge in [-0.3, -0.25) is 4.79 Å². The quantitative estimate of drug-likeness (QED) is 0.739. The van der Waals surface area contributed by atoms with Crippen molar-refractivity contribution in [1.29, 1.82) is 5.26 Å². The van der Waals surface area contributed by atoms with Crippen LogP contribution in [0.5, 0.6) is 5.75 Å². The zero-order valence-electron chi connectivity index (χ0n) is 9.60. The van der Waals surface area contributed by atoms with Crippen LogP contribution in [0, 0.1) is 11.3 Å². The summed E-state index contributed by atoms with van der Waals surface area (Å²) in [6.07, 6.45) is 0. The summed E-state index contributed by atoms with van der Waals surface area (Å²) in [5.41, 5.74) is 1.03. The molecule has 0 radical (unpaired) electrons. The predicted molar refractivity (Wildman–Crippen MR) is 61.3 cm³/mol. The molecule has 0 spiro atoms. The number of hydrogen-bond donors (Lipinski definition) is 1. The van der Waals surface area contributed by atoms with Crippen LogP contribution in [0.15, 0.2) is 24.3 Å². The fourth-order valence-electron chi connectivity index (χ4n) is 1.20. The maximum atomic E-state index is 10.8. The standard InChI is InChI=1S/C12H14N2O3/c1-16-12(15)9-14-8-10-2-4-11(5-3-10)17-7-6-13/h2-5,14H,7-9H2,1H3. The maximum Gasteiger partial charge on any atom is 0.319 e. The van der Waals surface area contributed by atoms with E-state index in [1.165, 1.54) is 7.11 Å².